The third kappa shape index (κ3) is 2.68. The Morgan fingerprint density at radius 3 is 2.83 bits per heavy atom. The van der Waals surface area contributed by atoms with E-state index in [1.54, 1.807) is 0 Å². The van der Waals surface area contributed by atoms with Crippen LogP contribution < -0.4 is 5.32 Å². The van der Waals surface area contributed by atoms with Gasteiger partial charge in [0, 0.05) is 34.8 Å². The third-order valence-electron chi connectivity index (χ3n) is 3.93. The van der Waals surface area contributed by atoms with Gasteiger partial charge in [0.1, 0.15) is 0 Å². The summed E-state index contributed by atoms with van der Waals surface area (Å²) in [6, 6.07) is 8.21. The molecule has 1 aromatic carbocycles. The van der Waals surface area contributed by atoms with Crippen molar-refractivity contribution in [3.8, 4) is 0 Å². The highest BCUT2D eigenvalue weighted by Gasteiger charge is 2.38. The minimum atomic E-state index is 0.554. The zero-order valence-corrected chi connectivity index (χ0v) is 12.8. The van der Waals surface area contributed by atoms with Gasteiger partial charge in [0.25, 0.3) is 0 Å². The molecule has 4 heteroatoms. The molecule has 1 saturated heterocycles. The fraction of sp³-hybridized carbons (Fsp3) is 0.571. The van der Waals surface area contributed by atoms with Crippen LogP contribution in [0, 0.1) is 0 Å². The van der Waals surface area contributed by atoms with Crippen molar-refractivity contribution >= 4 is 33.2 Å². The van der Waals surface area contributed by atoms with Crippen LogP contribution >= 0.6 is 27.5 Å². The topological polar surface area (TPSA) is 15.3 Å². The van der Waals surface area contributed by atoms with Crippen molar-refractivity contribution in [2.75, 3.05) is 11.9 Å². The Balaban J connectivity index is 1.64. The van der Waals surface area contributed by atoms with E-state index in [0.717, 1.165) is 21.2 Å². The molecule has 2 aliphatic rings. The maximum Gasteiger partial charge on any atom is 0.0568 e. The molecule has 1 N–H and O–H groups in total. The lowest BCUT2D eigenvalue weighted by molar-refractivity contribution is 0.257. The van der Waals surface area contributed by atoms with E-state index < -0.39 is 0 Å². The van der Waals surface area contributed by atoms with Gasteiger partial charge >= 0.3 is 0 Å². The van der Waals surface area contributed by atoms with Crippen LogP contribution in [0.5, 0.6) is 0 Å². The van der Waals surface area contributed by atoms with Crippen LogP contribution in [-0.2, 0) is 0 Å². The number of likely N-dealkylation sites (tertiary alicyclic amines) is 1. The van der Waals surface area contributed by atoms with Crippen LogP contribution in [0.25, 0.3) is 0 Å². The first-order valence-electron chi connectivity index (χ1n) is 6.61. The summed E-state index contributed by atoms with van der Waals surface area (Å²) in [5.41, 5.74) is 1.12. The van der Waals surface area contributed by atoms with E-state index >= 15 is 0 Å². The van der Waals surface area contributed by atoms with E-state index in [1.807, 2.05) is 12.1 Å². The standard InChI is InChI=1S/C14H18BrClN2/c1-9-6-11(8-18(9)12-3-4-12)17-10-2-5-13(15)14(16)7-10/h2,5,7,9,11-12,17H,3-4,6,8H2,1H3. The number of rotatable bonds is 3. The average molecular weight is 330 g/mol. The number of hydrogen-bond acceptors (Lipinski definition) is 2. The molecule has 0 radical (unpaired) electrons. The van der Waals surface area contributed by atoms with Crippen molar-refractivity contribution in [2.24, 2.45) is 0 Å². The predicted molar refractivity (Wildman–Crippen MR) is 80.4 cm³/mol. The Bertz CT molecular complexity index is 447. The van der Waals surface area contributed by atoms with Crippen molar-refractivity contribution in [2.45, 2.75) is 44.3 Å². The van der Waals surface area contributed by atoms with Crippen LogP contribution in [0.1, 0.15) is 26.2 Å². The second kappa shape index (κ2) is 5.03. The molecule has 3 rings (SSSR count). The van der Waals surface area contributed by atoms with Gasteiger partial charge in [-0.3, -0.25) is 4.90 Å². The minimum absolute atomic E-state index is 0.554. The molecule has 1 aliphatic heterocycles. The van der Waals surface area contributed by atoms with Crippen LogP contribution in [0.4, 0.5) is 5.69 Å². The first-order valence-corrected chi connectivity index (χ1v) is 7.78. The summed E-state index contributed by atoms with van der Waals surface area (Å²) in [4.78, 5) is 2.65. The molecule has 1 heterocycles. The van der Waals surface area contributed by atoms with Crippen molar-refractivity contribution < 1.29 is 0 Å². The molecule has 2 atom stereocenters. The zero-order valence-electron chi connectivity index (χ0n) is 10.5. The van der Waals surface area contributed by atoms with E-state index in [1.165, 1.54) is 25.8 Å². The zero-order chi connectivity index (χ0) is 12.7. The Kier molecular flexibility index (Phi) is 3.57. The van der Waals surface area contributed by atoms with Crippen LogP contribution in [-0.4, -0.2) is 29.6 Å². The molecule has 0 amide bonds. The minimum Gasteiger partial charge on any atom is -0.381 e. The van der Waals surface area contributed by atoms with Gasteiger partial charge < -0.3 is 5.32 Å². The lowest BCUT2D eigenvalue weighted by atomic mass is 10.2. The number of nitrogens with one attached hydrogen (secondary N) is 1. The SMILES string of the molecule is CC1CC(Nc2ccc(Br)c(Cl)c2)CN1C1CC1. The fourth-order valence-electron chi connectivity index (χ4n) is 2.90. The molecule has 18 heavy (non-hydrogen) atoms. The molecule has 0 bridgehead atoms. The van der Waals surface area contributed by atoms with Crippen molar-refractivity contribution in [1.82, 2.24) is 4.90 Å². The molecule has 2 nitrogen and oxygen atoms in total. The summed E-state index contributed by atoms with van der Waals surface area (Å²) >= 11 is 9.54. The van der Waals surface area contributed by atoms with Crippen LogP contribution in [0.2, 0.25) is 5.02 Å². The van der Waals surface area contributed by atoms with E-state index in [4.69, 9.17) is 11.6 Å². The third-order valence-corrected chi connectivity index (χ3v) is 5.16. The molecule has 0 aromatic heterocycles. The van der Waals surface area contributed by atoms with Crippen molar-refractivity contribution in [3.05, 3.63) is 27.7 Å². The summed E-state index contributed by atoms with van der Waals surface area (Å²) in [5, 5.41) is 4.37. The summed E-state index contributed by atoms with van der Waals surface area (Å²) in [6.07, 6.45) is 4.01. The van der Waals surface area contributed by atoms with E-state index in [9.17, 15) is 0 Å². The molecule has 1 saturated carbocycles. The average Bonchev–Trinajstić information content (AvgIpc) is 3.09. The second-order valence-electron chi connectivity index (χ2n) is 5.48. The quantitative estimate of drug-likeness (QED) is 0.896. The van der Waals surface area contributed by atoms with E-state index in [2.05, 4.69) is 39.1 Å². The van der Waals surface area contributed by atoms with Gasteiger partial charge in [-0.05, 0) is 60.3 Å². The number of hydrogen-bond donors (Lipinski definition) is 1. The predicted octanol–water partition coefficient (Wildman–Crippen LogP) is 4.14. The van der Waals surface area contributed by atoms with Crippen LogP contribution in [0.15, 0.2) is 22.7 Å². The largest absolute Gasteiger partial charge is 0.381 e. The highest BCUT2D eigenvalue weighted by Crippen LogP contribution is 2.34. The Morgan fingerprint density at radius 2 is 2.17 bits per heavy atom. The summed E-state index contributed by atoms with van der Waals surface area (Å²) in [5.74, 6) is 0. The van der Waals surface area contributed by atoms with Crippen LogP contribution in [0.3, 0.4) is 0 Å². The van der Waals surface area contributed by atoms with E-state index in [0.29, 0.717) is 12.1 Å². The normalized spacial score (nSPS) is 28.6. The molecular formula is C14H18BrClN2. The summed E-state index contributed by atoms with van der Waals surface area (Å²) in [7, 11) is 0. The summed E-state index contributed by atoms with van der Waals surface area (Å²) in [6.45, 7) is 3.51. The Hall–Kier alpha value is -0.250. The molecule has 98 valence electrons. The number of benzene rings is 1. The molecule has 1 aromatic rings. The van der Waals surface area contributed by atoms with Gasteiger partial charge in [-0.25, -0.2) is 0 Å². The number of halogens is 2. The monoisotopic (exact) mass is 328 g/mol. The highest BCUT2D eigenvalue weighted by atomic mass is 79.9. The van der Waals surface area contributed by atoms with Crippen molar-refractivity contribution in [3.63, 3.8) is 0 Å². The van der Waals surface area contributed by atoms with Gasteiger partial charge in [-0.2, -0.15) is 0 Å². The fourth-order valence-corrected chi connectivity index (χ4v) is 3.32. The number of anilines is 1. The van der Waals surface area contributed by atoms with Gasteiger partial charge in [-0.15, -0.1) is 0 Å². The summed E-state index contributed by atoms with van der Waals surface area (Å²) < 4.78 is 0.953. The molecular weight excluding hydrogens is 312 g/mol. The highest BCUT2D eigenvalue weighted by molar-refractivity contribution is 9.10. The molecule has 2 fully saturated rings. The molecule has 2 unspecified atom stereocenters. The van der Waals surface area contributed by atoms with Gasteiger partial charge in [-0.1, -0.05) is 11.6 Å². The van der Waals surface area contributed by atoms with Gasteiger partial charge in [0.15, 0.2) is 0 Å². The van der Waals surface area contributed by atoms with E-state index in [-0.39, 0.29) is 0 Å². The number of nitrogens with zero attached hydrogens (tertiary/aromatic N) is 1. The Morgan fingerprint density at radius 1 is 1.39 bits per heavy atom. The molecule has 1 aliphatic carbocycles. The van der Waals surface area contributed by atoms with Crippen molar-refractivity contribution in [1.29, 1.82) is 0 Å². The second-order valence-corrected chi connectivity index (χ2v) is 6.74. The lowest BCUT2D eigenvalue weighted by Crippen LogP contribution is -2.30. The first kappa shape index (κ1) is 12.8. The Labute approximate surface area is 122 Å². The van der Waals surface area contributed by atoms with Gasteiger partial charge in [0.2, 0.25) is 0 Å². The van der Waals surface area contributed by atoms with Gasteiger partial charge in [0.05, 0.1) is 5.02 Å². The smallest absolute Gasteiger partial charge is 0.0568 e. The molecule has 0 spiro atoms. The first-order chi connectivity index (χ1) is 8.63. The maximum atomic E-state index is 6.12. The maximum absolute atomic E-state index is 6.12. The lowest BCUT2D eigenvalue weighted by Gasteiger charge is -2.20.